The van der Waals surface area contributed by atoms with Gasteiger partial charge in [0.05, 0.1) is 22.9 Å². The summed E-state index contributed by atoms with van der Waals surface area (Å²) in [6.07, 6.45) is 1.61. The van der Waals surface area contributed by atoms with E-state index in [0.717, 1.165) is 16.7 Å². The molecule has 1 aromatic carbocycles. The zero-order chi connectivity index (χ0) is 11.8. The third-order valence-electron chi connectivity index (χ3n) is 2.47. The smallest absolute Gasteiger partial charge is 0.157 e. The number of hydrogen-bond donors (Lipinski definition) is 2. The van der Waals surface area contributed by atoms with Crippen molar-refractivity contribution in [2.75, 3.05) is 5.73 Å². The highest BCUT2D eigenvalue weighted by molar-refractivity contribution is 6.31. The number of pyridine rings is 1. The van der Waals surface area contributed by atoms with Crippen molar-refractivity contribution < 1.29 is 0 Å². The zero-order valence-electron chi connectivity index (χ0n) is 8.81. The molecule has 2 heterocycles. The van der Waals surface area contributed by atoms with Crippen LogP contribution >= 0.6 is 11.6 Å². The SMILES string of the molecule is Nc1ccc(-c2nc3ccc(Cl)cc3[nH]2)nc1. The van der Waals surface area contributed by atoms with Crippen molar-refractivity contribution in [3.8, 4) is 11.5 Å². The van der Waals surface area contributed by atoms with Crippen molar-refractivity contribution in [1.82, 2.24) is 15.0 Å². The van der Waals surface area contributed by atoms with E-state index < -0.39 is 0 Å². The van der Waals surface area contributed by atoms with E-state index in [2.05, 4.69) is 15.0 Å². The summed E-state index contributed by atoms with van der Waals surface area (Å²) in [4.78, 5) is 11.8. The molecule has 0 saturated carbocycles. The highest BCUT2D eigenvalue weighted by Gasteiger charge is 2.06. The van der Waals surface area contributed by atoms with E-state index >= 15 is 0 Å². The van der Waals surface area contributed by atoms with Crippen molar-refractivity contribution in [1.29, 1.82) is 0 Å². The van der Waals surface area contributed by atoms with Crippen molar-refractivity contribution >= 4 is 28.3 Å². The number of hydrogen-bond acceptors (Lipinski definition) is 3. The summed E-state index contributed by atoms with van der Waals surface area (Å²) >= 11 is 5.91. The molecule has 0 aliphatic heterocycles. The Hall–Kier alpha value is -2.07. The van der Waals surface area contributed by atoms with Gasteiger partial charge in [-0.1, -0.05) is 11.6 Å². The molecule has 5 heteroatoms. The van der Waals surface area contributed by atoms with E-state index in [1.807, 2.05) is 24.3 Å². The number of nitrogens with zero attached hydrogens (tertiary/aromatic N) is 2. The van der Waals surface area contributed by atoms with E-state index in [1.165, 1.54) is 0 Å². The van der Waals surface area contributed by atoms with Crippen LogP contribution in [0.2, 0.25) is 5.02 Å². The quantitative estimate of drug-likeness (QED) is 0.692. The summed E-state index contributed by atoms with van der Waals surface area (Å²) in [5.74, 6) is 0.710. The third-order valence-corrected chi connectivity index (χ3v) is 2.71. The summed E-state index contributed by atoms with van der Waals surface area (Å²) in [7, 11) is 0. The molecule has 3 N–H and O–H groups in total. The average molecular weight is 245 g/mol. The summed E-state index contributed by atoms with van der Waals surface area (Å²) < 4.78 is 0. The molecule has 0 fully saturated rings. The number of aromatic nitrogens is 3. The molecule has 84 valence electrons. The molecule has 0 aliphatic rings. The highest BCUT2D eigenvalue weighted by atomic mass is 35.5. The van der Waals surface area contributed by atoms with Gasteiger partial charge in [0.15, 0.2) is 5.82 Å². The van der Waals surface area contributed by atoms with Gasteiger partial charge in [0.25, 0.3) is 0 Å². The summed E-state index contributed by atoms with van der Waals surface area (Å²) in [5.41, 5.74) is 8.74. The van der Waals surface area contributed by atoms with Gasteiger partial charge in [0, 0.05) is 5.02 Å². The van der Waals surface area contributed by atoms with Gasteiger partial charge < -0.3 is 10.7 Å². The first-order valence-corrected chi connectivity index (χ1v) is 5.47. The minimum atomic E-state index is 0.632. The molecular formula is C12H9ClN4. The van der Waals surface area contributed by atoms with Crippen molar-refractivity contribution in [2.45, 2.75) is 0 Å². The largest absolute Gasteiger partial charge is 0.397 e. The van der Waals surface area contributed by atoms with Gasteiger partial charge in [0.2, 0.25) is 0 Å². The van der Waals surface area contributed by atoms with Gasteiger partial charge in [-0.15, -0.1) is 0 Å². The maximum absolute atomic E-state index is 5.91. The van der Waals surface area contributed by atoms with Gasteiger partial charge in [0.1, 0.15) is 5.69 Å². The molecule has 17 heavy (non-hydrogen) atoms. The van der Waals surface area contributed by atoms with Crippen LogP contribution < -0.4 is 5.73 Å². The molecule has 3 rings (SSSR count). The van der Waals surface area contributed by atoms with Gasteiger partial charge in [-0.3, -0.25) is 4.98 Å². The first kappa shape index (κ1) is 10.1. The zero-order valence-corrected chi connectivity index (χ0v) is 9.57. The number of fused-ring (bicyclic) bond motifs is 1. The summed E-state index contributed by atoms with van der Waals surface area (Å²) in [6, 6.07) is 9.14. The maximum Gasteiger partial charge on any atom is 0.157 e. The minimum absolute atomic E-state index is 0.632. The maximum atomic E-state index is 5.91. The number of nitrogens with two attached hydrogens (primary N) is 1. The molecule has 0 bridgehead atoms. The molecule has 2 aromatic heterocycles. The second-order valence-electron chi connectivity index (χ2n) is 3.72. The minimum Gasteiger partial charge on any atom is -0.397 e. The normalized spacial score (nSPS) is 10.9. The lowest BCUT2D eigenvalue weighted by Gasteiger charge is -1.95. The van der Waals surface area contributed by atoms with Gasteiger partial charge in [-0.25, -0.2) is 4.98 Å². The van der Waals surface area contributed by atoms with E-state index in [9.17, 15) is 0 Å². The van der Waals surface area contributed by atoms with Crippen molar-refractivity contribution in [3.63, 3.8) is 0 Å². The standard InChI is InChI=1S/C12H9ClN4/c13-7-1-3-9-11(5-7)17-12(16-9)10-4-2-8(14)6-15-10/h1-6H,14H2,(H,16,17). The number of rotatable bonds is 1. The number of imidazole rings is 1. The Morgan fingerprint density at radius 3 is 2.82 bits per heavy atom. The number of nitrogen functional groups attached to an aromatic ring is 1. The summed E-state index contributed by atoms with van der Waals surface area (Å²) in [5, 5.41) is 0.679. The van der Waals surface area contributed by atoms with Crippen LogP contribution in [-0.2, 0) is 0 Å². The van der Waals surface area contributed by atoms with Crippen molar-refractivity contribution in [3.05, 3.63) is 41.6 Å². The first-order chi connectivity index (χ1) is 8.22. The Morgan fingerprint density at radius 2 is 2.06 bits per heavy atom. The van der Waals surface area contributed by atoms with Crippen LogP contribution in [0.15, 0.2) is 36.5 Å². The molecule has 0 amide bonds. The molecule has 0 aliphatic carbocycles. The fourth-order valence-corrected chi connectivity index (χ4v) is 1.82. The van der Waals surface area contributed by atoms with Crippen LogP contribution in [0.25, 0.3) is 22.6 Å². The number of H-pyrrole nitrogens is 1. The number of aromatic amines is 1. The summed E-state index contributed by atoms with van der Waals surface area (Å²) in [6.45, 7) is 0. The Morgan fingerprint density at radius 1 is 1.18 bits per heavy atom. The van der Waals surface area contributed by atoms with Crippen LogP contribution in [0, 0.1) is 0 Å². The van der Waals surface area contributed by atoms with E-state index in [-0.39, 0.29) is 0 Å². The lowest BCUT2D eigenvalue weighted by Crippen LogP contribution is -1.89. The molecule has 0 radical (unpaired) electrons. The van der Waals surface area contributed by atoms with Crippen molar-refractivity contribution in [2.24, 2.45) is 0 Å². The molecular weight excluding hydrogens is 236 g/mol. The number of halogens is 1. The van der Waals surface area contributed by atoms with E-state index in [1.54, 1.807) is 12.3 Å². The number of anilines is 1. The lowest BCUT2D eigenvalue weighted by molar-refractivity contribution is 1.24. The lowest BCUT2D eigenvalue weighted by atomic mass is 10.3. The Bertz CT molecular complexity index is 673. The third kappa shape index (κ3) is 1.83. The van der Waals surface area contributed by atoms with Crippen LogP contribution in [-0.4, -0.2) is 15.0 Å². The highest BCUT2D eigenvalue weighted by Crippen LogP contribution is 2.21. The topological polar surface area (TPSA) is 67.6 Å². The number of nitrogens with one attached hydrogen (secondary N) is 1. The second-order valence-corrected chi connectivity index (χ2v) is 4.16. The van der Waals surface area contributed by atoms with Crippen LogP contribution in [0.5, 0.6) is 0 Å². The fraction of sp³-hybridized carbons (Fsp3) is 0. The molecule has 0 atom stereocenters. The molecule has 0 spiro atoms. The molecule has 4 nitrogen and oxygen atoms in total. The molecule has 0 unspecified atom stereocenters. The number of benzene rings is 1. The fourth-order valence-electron chi connectivity index (χ4n) is 1.65. The molecule has 3 aromatic rings. The van der Waals surface area contributed by atoms with Crippen LogP contribution in [0.3, 0.4) is 0 Å². The predicted molar refractivity (Wildman–Crippen MR) is 68.7 cm³/mol. The Balaban J connectivity index is 2.14. The van der Waals surface area contributed by atoms with Gasteiger partial charge >= 0.3 is 0 Å². The average Bonchev–Trinajstić information content (AvgIpc) is 2.72. The second kappa shape index (κ2) is 3.75. The van der Waals surface area contributed by atoms with Gasteiger partial charge in [-0.2, -0.15) is 0 Å². The van der Waals surface area contributed by atoms with Crippen LogP contribution in [0.1, 0.15) is 0 Å². The van der Waals surface area contributed by atoms with E-state index in [0.29, 0.717) is 16.5 Å². The van der Waals surface area contributed by atoms with Gasteiger partial charge in [-0.05, 0) is 30.3 Å². The Kier molecular flexibility index (Phi) is 2.23. The van der Waals surface area contributed by atoms with E-state index in [4.69, 9.17) is 17.3 Å². The first-order valence-electron chi connectivity index (χ1n) is 5.09. The Labute approximate surface area is 102 Å². The van der Waals surface area contributed by atoms with Crippen LogP contribution in [0.4, 0.5) is 5.69 Å². The predicted octanol–water partition coefficient (Wildman–Crippen LogP) is 2.86. The monoisotopic (exact) mass is 244 g/mol. The molecule has 0 saturated heterocycles.